The van der Waals surface area contributed by atoms with E-state index in [2.05, 4.69) is 29.3 Å². The minimum Gasteiger partial charge on any atom is -0.143 e. The van der Waals surface area contributed by atoms with E-state index in [1.807, 2.05) is 18.2 Å². The fourth-order valence-electron chi connectivity index (χ4n) is 1.76. The average Bonchev–Trinajstić information content (AvgIpc) is 2.85. The van der Waals surface area contributed by atoms with Crippen LogP contribution in [0, 0.1) is 0 Å². The van der Waals surface area contributed by atoms with Crippen LogP contribution in [0.2, 0.25) is 0 Å². The number of rotatable bonds is 6. The molecule has 0 fully saturated rings. The summed E-state index contributed by atoms with van der Waals surface area (Å²) in [5, 5.41) is 10.7. The van der Waals surface area contributed by atoms with Crippen molar-refractivity contribution in [1.29, 1.82) is 0 Å². The largest absolute Gasteiger partial charge is 0.147 e. The van der Waals surface area contributed by atoms with Gasteiger partial charge >= 0.3 is 0 Å². The maximum atomic E-state index is 4.26. The Labute approximate surface area is 107 Å². The molecule has 0 aliphatic carbocycles. The van der Waals surface area contributed by atoms with Crippen LogP contribution in [0.15, 0.2) is 30.3 Å². The highest BCUT2D eigenvalue weighted by molar-refractivity contribution is 7.14. The van der Waals surface area contributed by atoms with Gasteiger partial charge in [0.1, 0.15) is 10.0 Å². The van der Waals surface area contributed by atoms with Crippen molar-refractivity contribution in [2.75, 3.05) is 0 Å². The van der Waals surface area contributed by atoms with Gasteiger partial charge in [0, 0.05) is 12.0 Å². The molecule has 1 aromatic carbocycles. The van der Waals surface area contributed by atoms with E-state index in [-0.39, 0.29) is 0 Å². The molecule has 0 amide bonds. The molecule has 2 aromatic rings. The van der Waals surface area contributed by atoms with E-state index in [9.17, 15) is 0 Å². The topological polar surface area (TPSA) is 25.8 Å². The number of hydrogen-bond donors (Lipinski definition) is 0. The predicted octanol–water partition coefficient (Wildman–Crippen LogP) is 4.33. The molecule has 0 bridgehead atoms. The average molecular weight is 246 g/mol. The third-order valence-corrected chi connectivity index (χ3v) is 3.76. The van der Waals surface area contributed by atoms with Crippen molar-refractivity contribution in [3.63, 3.8) is 0 Å². The third kappa shape index (κ3) is 3.63. The van der Waals surface area contributed by atoms with E-state index >= 15 is 0 Å². The summed E-state index contributed by atoms with van der Waals surface area (Å²) < 4.78 is 0. The first-order valence-electron chi connectivity index (χ1n) is 6.28. The summed E-state index contributed by atoms with van der Waals surface area (Å²) in [5.74, 6) is 0. The van der Waals surface area contributed by atoms with Crippen LogP contribution >= 0.6 is 11.3 Å². The van der Waals surface area contributed by atoms with Crippen LogP contribution in [-0.2, 0) is 6.42 Å². The molecule has 0 atom stereocenters. The number of unbranched alkanes of at least 4 members (excludes halogenated alkanes) is 3. The molecule has 0 spiro atoms. The summed E-state index contributed by atoms with van der Waals surface area (Å²) in [6.45, 7) is 2.23. The first-order chi connectivity index (χ1) is 8.40. The van der Waals surface area contributed by atoms with E-state index < -0.39 is 0 Å². The Kier molecular flexibility index (Phi) is 4.68. The van der Waals surface area contributed by atoms with E-state index in [0.29, 0.717) is 0 Å². The molecule has 0 radical (unpaired) electrons. The Morgan fingerprint density at radius 1 is 1.00 bits per heavy atom. The SMILES string of the molecule is CCCCCCc1nnc(-c2ccccc2)s1. The molecule has 0 N–H and O–H groups in total. The lowest BCUT2D eigenvalue weighted by Gasteiger charge is -1.95. The maximum absolute atomic E-state index is 4.26. The van der Waals surface area contributed by atoms with E-state index in [4.69, 9.17) is 0 Å². The van der Waals surface area contributed by atoms with Gasteiger partial charge in [-0.1, -0.05) is 67.9 Å². The van der Waals surface area contributed by atoms with Crippen molar-refractivity contribution >= 4 is 11.3 Å². The van der Waals surface area contributed by atoms with Gasteiger partial charge in [-0.3, -0.25) is 0 Å². The molecule has 0 unspecified atom stereocenters. The molecule has 0 saturated carbocycles. The fraction of sp³-hybridized carbons (Fsp3) is 0.429. The van der Waals surface area contributed by atoms with Crippen LogP contribution in [0.4, 0.5) is 0 Å². The molecule has 0 aliphatic heterocycles. The monoisotopic (exact) mass is 246 g/mol. The van der Waals surface area contributed by atoms with Crippen LogP contribution in [0.5, 0.6) is 0 Å². The zero-order chi connectivity index (χ0) is 11.9. The van der Waals surface area contributed by atoms with Crippen molar-refractivity contribution in [1.82, 2.24) is 10.2 Å². The maximum Gasteiger partial charge on any atom is 0.147 e. The molecular weight excluding hydrogens is 228 g/mol. The van der Waals surface area contributed by atoms with Crippen LogP contribution in [0.25, 0.3) is 10.6 Å². The summed E-state index contributed by atoms with van der Waals surface area (Å²) >= 11 is 1.72. The van der Waals surface area contributed by atoms with Crippen LogP contribution in [0.1, 0.15) is 37.6 Å². The van der Waals surface area contributed by atoms with E-state index in [1.165, 1.54) is 36.3 Å². The summed E-state index contributed by atoms with van der Waals surface area (Å²) in [7, 11) is 0. The standard InChI is InChI=1S/C14H18N2S/c1-2-3-4-8-11-13-15-16-14(17-13)12-9-6-5-7-10-12/h5-7,9-10H,2-4,8,11H2,1H3. The smallest absolute Gasteiger partial charge is 0.143 e. The van der Waals surface area contributed by atoms with Gasteiger partial charge in [-0.25, -0.2) is 0 Å². The number of hydrogen-bond acceptors (Lipinski definition) is 3. The Morgan fingerprint density at radius 2 is 1.82 bits per heavy atom. The van der Waals surface area contributed by atoms with Crippen molar-refractivity contribution in [2.24, 2.45) is 0 Å². The van der Waals surface area contributed by atoms with Gasteiger partial charge in [0.05, 0.1) is 0 Å². The second-order valence-corrected chi connectivity index (χ2v) is 5.24. The Balaban J connectivity index is 1.92. The molecule has 0 saturated heterocycles. The van der Waals surface area contributed by atoms with E-state index in [1.54, 1.807) is 11.3 Å². The molecule has 90 valence electrons. The second-order valence-electron chi connectivity index (χ2n) is 4.18. The minimum atomic E-state index is 1.04. The molecule has 3 heteroatoms. The highest BCUT2D eigenvalue weighted by Gasteiger charge is 2.05. The van der Waals surface area contributed by atoms with E-state index in [0.717, 1.165) is 11.4 Å². The third-order valence-electron chi connectivity index (χ3n) is 2.73. The van der Waals surface area contributed by atoms with Crippen LogP contribution in [0.3, 0.4) is 0 Å². The van der Waals surface area contributed by atoms with Crippen LogP contribution < -0.4 is 0 Å². The van der Waals surface area contributed by atoms with Crippen molar-refractivity contribution in [3.8, 4) is 10.6 Å². The lowest BCUT2D eigenvalue weighted by Crippen LogP contribution is -1.84. The fourth-order valence-corrected chi connectivity index (χ4v) is 2.64. The minimum absolute atomic E-state index is 1.04. The molecular formula is C14H18N2S. The lowest BCUT2D eigenvalue weighted by molar-refractivity contribution is 0.663. The highest BCUT2D eigenvalue weighted by atomic mass is 32.1. The van der Waals surface area contributed by atoms with Crippen molar-refractivity contribution < 1.29 is 0 Å². The first-order valence-corrected chi connectivity index (χ1v) is 7.09. The quantitative estimate of drug-likeness (QED) is 0.709. The summed E-state index contributed by atoms with van der Waals surface area (Å²) in [6.07, 6.45) is 6.22. The number of aromatic nitrogens is 2. The lowest BCUT2D eigenvalue weighted by atomic mass is 10.2. The Bertz CT molecular complexity index is 436. The highest BCUT2D eigenvalue weighted by Crippen LogP contribution is 2.23. The van der Waals surface area contributed by atoms with Crippen molar-refractivity contribution in [2.45, 2.75) is 39.0 Å². The summed E-state index contributed by atoms with van der Waals surface area (Å²) in [6, 6.07) is 10.3. The van der Waals surface area contributed by atoms with Gasteiger partial charge in [-0.2, -0.15) is 0 Å². The Morgan fingerprint density at radius 3 is 2.59 bits per heavy atom. The van der Waals surface area contributed by atoms with Crippen molar-refractivity contribution in [3.05, 3.63) is 35.3 Å². The number of aryl methyl sites for hydroxylation is 1. The zero-order valence-electron chi connectivity index (χ0n) is 10.2. The molecule has 17 heavy (non-hydrogen) atoms. The number of nitrogens with zero attached hydrogens (tertiary/aromatic N) is 2. The predicted molar refractivity (Wildman–Crippen MR) is 73.2 cm³/mol. The molecule has 1 heterocycles. The molecule has 0 aliphatic rings. The normalized spacial score (nSPS) is 10.6. The second kappa shape index (κ2) is 6.50. The van der Waals surface area contributed by atoms with Gasteiger partial charge in [-0.15, -0.1) is 10.2 Å². The number of benzene rings is 1. The van der Waals surface area contributed by atoms with Gasteiger partial charge < -0.3 is 0 Å². The molecule has 2 nitrogen and oxygen atoms in total. The van der Waals surface area contributed by atoms with Gasteiger partial charge in [0.2, 0.25) is 0 Å². The first kappa shape index (κ1) is 12.2. The Hall–Kier alpha value is -1.22. The summed E-state index contributed by atoms with van der Waals surface area (Å²) in [4.78, 5) is 0. The van der Waals surface area contributed by atoms with Crippen LogP contribution in [-0.4, -0.2) is 10.2 Å². The van der Waals surface area contributed by atoms with Gasteiger partial charge in [-0.05, 0) is 6.42 Å². The molecule has 2 rings (SSSR count). The summed E-state index contributed by atoms with van der Waals surface area (Å²) in [5.41, 5.74) is 1.17. The zero-order valence-corrected chi connectivity index (χ0v) is 11.0. The molecule has 1 aromatic heterocycles. The van der Waals surface area contributed by atoms with Gasteiger partial charge in [0.25, 0.3) is 0 Å². The van der Waals surface area contributed by atoms with Gasteiger partial charge in [0.15, 0.2) is 0 Å².